The average molecular weight is 262 g/mol. The molecule has 1 fully saturated rings. The van der Waals surface area contributed by atoms with Gasteiger partial charge in [0.2, 0.25) is 0 Å². The van der Waals surface area contributed by atoms with E-state index in [1.54, 1.807) is 30.2 Å². The van der Waals surface area contributed by atoms with Gasteiger partial charge in [-0.25, -0.2) is 4.79 Å². The van der Waals surface area contributed by atoms with Crippen LogP contribution in [0.3, 0.4) is 0 Å². The first kappa shape index (κ1) is 13.5. The number of hydrogen-bond acceptors (Lipinski definition) is 4. The summed E-state index contributed by atoms with van der Waals surface area (Å²) in [5.74, 6) is 0.0321. The van der Waals surface area contributed by atoms with Crippen LogP contribution in [0.25, 0.3) is 0 Å². The predicted octanol–water partition coefficient (Wildman–Crippen LogP) is 2.13. The Balaban J connectivity index is 1.90. The van der Waals surface area contributed by atoms with E-state index in [9.17, 15) is 9.59 Å². The van der Waals surface area contributed by atoms with Gasteiger partial charge in [-0.05, 0) is 31.9 Å². The van der Waals surface area contributed by atoms with Crippen LogP contribution in [-0.4, -0.2) is 41.5 Å². The summed E-state index contributed by atoms with van der Waals surface area (Å²) in [6, 6.07) is 5.34. The quantitative estimate of drug-likeness (QED) is 0.783. The number of pyridine rings is 1. The monoisotopic (exact) mass is 262 g/mol. The van der Waals surface area contributed by atoms with Crippen molar-refractivity contribution in [3.05, 3.63) is 30.1 Å². The number of Topliss-reactive ketones (excluding diaryl/α,β-unsaturated/α-hetero) is 1. The summed E-state index contributed by atoms with van der Waals surface area (Å²) in [6.07, 6.45) is 2.69. The number of nitrogens with zero attached hydrogens (tertiary/aromatic N) is 2. The molecule has 0 aromatic carbocycles. The Morgan fingerprint density at radius 3 is 2.68 bits per heavy atom. The molecule has 0 atom stereocenters. The molecule has 5 nitrogen and oxygen atoms in total. The fourth-order valence-corrected chi connectivity index (χ4v) is 2.26. The van der Waals surface area contributed by atoms with Crippen molar-refractivity contribution >= 4 is 11.9 Å². The number of piperidine rings is 1. The van der Waals surface area contributed by atoms with E-state index in [1.165, 1.54) is 0 Å². The smallest absolute Gasteiger partial charge is 0.409 e. The summed E-state index contributed by atoms with van der Waals surface area (Å²) in [7, 11) is 0. The minimum atomic E-state index is -0.286. The highest BCUT2D eigenvalue weighted by atomic mass is 16.6. The minimum absolute atomic E-state index is 0.0411. The van der Waals surface area contributed by atoms with Crippen molar-refractivity contribution in [3.63, 3.8) is 0 Å². The van der Waals surface area contributed by atoms with E-state index >= 15 is 0 Å². The maximum absolute atomic E-state index is 12.2. The lowest BCUT2D eigenvalue weighted by atomic mass is 9.91. The Morgan fingerprint density at radius 1 is 1.37 bits per heavy atom. The van der Waals surface area contributed by atoms with E-state index in [0.717, 1.165) is 0 Å². The minimum Gasteiger partial charge on any atom is -0.450 e. The molecule has 0 saturated carbocycles. The van der Waals surface area contributed by atoms with Gasteiger partial charge >= 0.3 is 6.09 Å². The van der Waals surface area contributed by atoms with Crippen LogP contribution < -0.4 is 0 Å². The highest BCUT2D eigenvalue weighted by molar-refractivity contribution is 5.96. The molecule has 1 aromatic rings. The van der Waals surface area contributed by atoms with Crippen molar-refractivity contribution in [3.8, 4) is 0 Å². The standard InChI is InChI=1S/C14H18N2O3/c1-2-19-14(18)16-9-6-11(7-10-16)13(17)12-5-3-4-8-15-12/h3-5,8,11H,2,6-7,9-10H2,1H3. The van der Waals surface area contributed by atoms with Gasteiger partial charge in [0.15, 0.2) is 5.78 Å². The largest absolute Gasteiger partial charge is 0.450 e. The van der Waals surface area contributed by atoms with Crippen molar-refractivity contribution in [1.82, 2.24) is 9.88 Å². The molecule has 0 bridgehead atoms. The fourth-order valence-electron chi connectivity index (χ4n) is 2.26. The van der Waals surface area contributed by atoms with Crippen molar-refractivity contribution in [2.45, 2.75) is 19.8 Å². The first-order chi connectivity index (χ1) is 9.22. The summed E-state index contributed by atoms with van der Waals surface area (Å²) in [5.41, 5.74) is 0.511. The zero-order valence-corrected chi connectivity index (χ0v) is 11.0. The second kappa shape index (κ2) is 6.31. The molecule has 0 N–H and O–H groups in total. The number of hydrogen-bond donors (Lipinski definition) is 0. The van der Waals surface area contributed by atoms with E-state index in [-0.39, 0.29) is 17.8 Å². The van der Waals surface area contributed by atoms with Gasteiger partial charge in [0.25, 0.3) is 0 Å². The van der Waals surface area contributed by atoms with Gasteiger partial charge in [0.1, 0.15) is 5.69 Å². The second-order valence-electron chi connectivity index (χ2n) is 4.54. The third kappa shape index (κ3) is 3.30. The Labute approximate surface area is 112 Å². The van der Waals surface area contributed by atoms with E-state index < -0.39 is 0 Å². The van der Waals surface area contributed by atoms with Crippen molar-refractivity contribution in [1.29, 1.82) is 0 Å². The molecule has 2 heterocycles. The SMILES string of the molecule is CCOC(=O)N1CCC(C(=O)c2ccccn2)CC1. The van der Waals surface area contributed by atoms with Crippen LogP contribution in [0, 0.1) is 5.92 Å². The lowest BCUT2D eigenvalue weighted by molar-refractivity contribution is 0.0750. The molecule has 0 aliphatic carbocycles. The number of ether oxygens (including phenoxy) is 1. The van der Waals surface area contributed by atoms with E-state index in [1.807, 2.05) is 6.07 Å². The number of rotatable bonds is 3. The van der Waals surface area contributed by atoms with Crippen LogP contribution in [-0.2, 0) is 4.74 Å². The lowest BCUT2D eigenvalue weighted by Gasteiger charge is -2.30. The number of amides is 1. The molecule has 2 rings (SSSR count). The molecule has 0 unspecified atom stereocenters. The molecule has 1 aliphatic heterocycles. The highest BCUT2D eigenvalue weighted by Gasteiger charge is 2.28. The molecular formula is C14H18N2O3. The molecule has 0 spiro atoms. The summed E-state index contributed by atoms with van der Waals surface area (Å²) in [5, 5.41) is 0. The van der Waals surface area contributed by atoms with E-state index in [0.29, 0.717) is 38.2 Å². The van der Waals surface area contributed by atoms with Crippen molar-refractivity contribution in [2.75, 3.05) is 19.7 Å². The molecule has 1 aliphatic rings. The van der Waals surface area contributed by atoms with Gasteiger partial charge in [-0.3, -0.25) is 9.78 Å². The topological polar surface area (TPSA) is 59.5 Å². The molecule has 102 valence electrons. The summed E-state index contributed by atoms with van der Waals surface area (Å²) in [4.78, 5) is 29.5. The second-order valence-corrected chi connectivity index (χ2v) is 4.54. The Morgan fingerprint density at radius 2 is 2.11 bits per heavy atom. The lowest BCUT2D eigenvalue weighted by Crippen LogP contribution is -2.40. The highest BCUT2D eigenvalue weighted by Crippen LogP contribution is 2.21. The van der Waals surface area contributed by atoms with Gasteiger partial charge in [0.05, 0.1) is 6.61 Å². The Kier molecular flexibility index (Phi) is 4.49. The van der Waals surface area contributed by atoms with Gasteiger partial charge in [0, 0.05) is 25.2 Å². The molecule has 19 heavy (non-hydrogen) atoms. The van der Waals surface area contributed by atoms with Crippen LogP contribution in [0.15, 0.2) is 24.4 Å². The zero-order valence-electron chi connectivity index (χ0n) is 11.0. The van der Waals surface area contributed by atoms with Crippen LogP contribution in [0.5, 0.6) is 0 Å². The zero-order chi connectivity index (χ0) is 13.7. The van der Waals surface area contributed by atoms with Gasteiger partial charge < -0.3 is 9.64 Å². The van der Waals surface area contributed by atoms with Crippen LogP contribution in [0.4, 0.5) is 4.79 Å². The molecular weight excluding hydrogens is 244 g/mol. The molecule has 1 aromatic heterocycles. The third-order valence-electron chi connectivity index (χ3n) is 3.31. The normalized spacial score (nSPS) is 16.2. The number of aromatic nitrogens is 1. The Hall–Kier alpha value is -1.91. The van der Waals surface area contributed by atoms with Crippen LogP contribution in [0.2, 0.25) is 0 Å². The van der Waals surface area contributed by atoms with Gasteiger partial charge in [-0.2, -0.15) is 0 Å². The third-order valence-corrected chi connectivity index (χ3v) is 3.31. The maximum Gasteiger partial charge on any atom is 0.409 e. The van der Waals surface area contributed by atoms with Crippen LogP contribution >= 0.6 is 0 Å². The summed E-state index contributed by atoms with van der Waals surface area (Å²) < 4.78 is 4.95. The van der Waals surface area contributed by atoms with Crippen molar-refractivity contribution < 1.29 is 14.3 Å². The van der Waals surface area contributed by atoms with E-state index in [2.05, 4.69) is 4.98 Å². The molecule has 1 amide bonds. The number of likely N-dealkylation sites (tertiary alicyclic amines) is 1. The van der Waals surface area contributed by atoms with Crippen molar-refractivity contribution in [2.24, 2.45) is 5.92 Å². The Bertz CT molecular complexity index is 439. The molecule has 5 heteroatoms. The number of carbonyl (C=O) groups is 2. The predicted molar refractivity (Wildman–Crippen MR) is 69.9 cm³/mol. The van der Waals surface area contributed by atoms with E-state index in [4.69, 9.17) is 4.74 Å². The summed E-state index contributed by atoms with van der Waals surface area (Å²) >= 11 is 0. The fraction of sp³-hybridized carbons (Fsp3) is 0.500. The number of ketones is 1. The number of carbonyl (C=O) groups excluding carboxylic acids is 2. The first-order valence-electron chi connectivity index (χ1n) is 6.59. The molecule has 0 radical (unpaired) electrons. The van der Waals surface area contributed by atoms with Crippen LogP contribution in [0.1, 0.15) is 30.3 Å². The maximum atomic E-state index is 12.2. The van der Waals surface area contributed by atoms with Gasteiger partial charge in [-0.15, -0.1) is 0 Å². The molecule has 1 saturated heterocycles. The summed E-state index contributed by atoms with van der Waals surface area (Å²) in [6.45, 7) is 3.31. The first-order valence-corrected chi connectivity index (χ1v) is 6.59. The average Bonchev–Trinajstić information content (AvgIpc) is 2.48. The van der Waals surface area contributed by atoms with Gasteiger partial charge in [-0.1, -0.05) is 6.07 Å².